The Balaban J connectivity index is 1.53. The van der Waals surface area contributed by atoms with Gasteiger partial charge in [0.2, 0.25) is 11.1 Å². The molecule has 4 rings (SSSR count). The van der Waals surface area contributed by atoms with Gasteiger partial charge in [-0.3, -0.25) is 4.79 Å². The monoisotopic (exact) mass is 423 g/mol. The molecule has 0 aliphatic heterocycles. The third-order valence-electron chi connectivity index (χ3n) is 4.49. The topological polar surface area (TPSA) is 72.7 Å². The fraction of sp³-hybridized carbons (Fsp3) is 0.238. The smallest absolute Gasteiger partial charge is 0.234 e. The van der Waals surface area contributed by atoms with Crippen LogP contribution in [0.3, 0.4) is 0 Å². The van der Waals surface area contributed by atoms with E-state index in [1.165, 1.54) is 11.8 Å². The Kier molecular flexibility index (Phi) is 6.01. The molecule has 2 aromatic heterocycles. The molecule has 0 unspecified atom stereocenters. The summed E-state index contributed by atoms with van der Waals surface area (Å²) in [6.07, 6.45) is 3.01. The highest BCUT2D eigenvalue weighted by Crippen LogP contribution is 2.27. The van der Waals surface area contributed by atoms with Crippen LogP contribution in [0, 0.1) is 0 Å². The lowest BCUT2D eigenvalue weighted by atomic mass is 10.2. The van der Waals surface area contributed by atoms with Crippen molar-refractivity contribution in [2.45, 2.75) is 29.9 Å². The van der Waals surface area contributed by atoms with Crippen LogP contribution in [0.4, 0.5) is 5.69 Å². The number of thioether (sulfide) groups is 2. The number of nitrogens with zero attached hydrogens (tertiary/aromatic N) is 4. The van der Waals surface area contributed by atoms with E-state index in [1.54, 1.807) is 11.8 Å². The minimum absolute atomic E-state index is 0.0916. The van der Waals surface area contributed by atoms with E-state index in [0.29, 0.717) is 5.16 Å². The Hall–Kier alpha value is -2.58. The third kappa shape index (κ3) is 4.23. The highest BCUT2D eigenvalue weighted by Gasteiger charge is 2.15. The van der Waals surface area contributed by atoms with Crippen molar-refractivity contribution in [3.63, 3.8) is 0 Å². The Morgan fingerprint density at radius 3 is 2.83 bits per heavy atom. The molecule has 6 nitrogen and oxygen atoms in total. The van der Waals surface area contributed by atoms with Crippen LogP contribution in [0.25, 0.3) is 22.1 Å². The quantitative estimate of drug-likeness (QED) is 0.429. The number of para-hydroxylation sites is 1. The molecule has 0 bridgehead atoms. The number of aromatic nitrogens is 4. The van der Waals surface area contributed by atoms with Gasteiger partial charge in [-0.05, 0) is 36.9 Å². The maximum absolute atomic E-state index is 12.3. The second kappa shape index (κ2) is 8.84. The highest BCUT2D eigenvalue weighted by molar-refractivity contribution is 7.99. The van der Waals surface area contributed by atoms with Gasteiger partial charge < -0.3 is 9.88 Å². The molecule has 148 valence electrons. The van der Waals surface area contributed by atoms with Crippen LogP contribution in [0.1, 0.15) is 13.3 Å². The van der Waals surface area contributed by atoms with Crippen LogP contribution in [-0.4, -0.2) is 37.7 Å². The summed E-state index contributed by atoms with van der Waals surface area (Å²) in [6, 6.07) is 15.9. The van der Waals surface area contributed by atoms with Crippen LogP contribution < -0.4 is 5.32 Å². The molecule has 0 aliphatic rings. The maximum Gasteiger partial charge on any atom is 0.234 e. The molecular weight excluding hydrogens is 402 g/mol. The predicted octanol–water partition coefficient (Wildman–Crippen LogP) is 4.84. The van der Waals surface area contributed by atoms with Gasteiger partial charge in [0.15, 0.2) is 5.65 Å². The molecule has 0 spiro atoms. The Bertz CT molecular complexity index is 1170. The van der Waals surface area contributed by atoms with Crippen molar-refractivity contribution in [1.29, 1.82) is 0 Å². The standard InChI is InChI=1S/C21H21N5OS2/c1-3-11-26-17-10-5-4-9-16(17)19-20(26)23-21(25-24-19)29-13-18(27)22-14-7-6-8-15(12-14)28-2/h4-10,12H,3,11,13H2,1-2H3,(H,22,27). The maximum atomic E-state index is 12.3. The van der Waals surface area contributed by atoms with Gasteiger partial charge in [-0.1, -0.05) is 43.0 Å². The summed E-state index contributed by atoms with van der Waals surface area (Å²) in [6.45, 7) is 3.00. The van der Waals surface area contributed by atoms with Crippen LogP contribution in [0.2, 0.25) is 0 Å². The first-order valence-corrected chi connectivity index (χ1v) is 11.6. The van der Waals surface area contributed by atoms with Gasteiger partial charge in [0, 0.05) is 22.5 Å². The Morgan fingerprint density at radius 1 is 1.14 bits per heavy atom. The first kappa shape index (κ1) is 19.7. The highest BCUT2D eigenvalue weighted by atomic mass is 32.2. The van der Waals surface area contributed by atoms with Crippen molar-refractivity contribution in [3.8, 4) is 0 Å². The van der Waals surface area contributed by atoms with Gasteiger partial charge in [0.25, 0.3) is 0 Å². The Morgan fingerprint density at radius 2 is 2.00 bits per heavy atom. The fourth-order valence-electron chi connectivity index (χ4n) is 3.23. The number of carbonyl (C=O) groups excluding carboxylic acids is 1. The molecule has 0 aliphatic carbocycles. The third-order valence-corrected chi connectivity index (χ3v) is 6.05. The van der Waals surface area contributed by atoms with Gasteiger partial charge in [-0.25, -0.2) is 4.98 Å². The number of aryl methyl sites for hydroxylation is 1. The van der Waals surface area contributed by atoms with E-state index in [0.717, 1.165) is 45.6 Å². The fourth-order valence-corrected chi connectivity index (χ4v) is 4.27. The lowest BCUT2D eigenvalue weighted by Gasteiger charge is -2.06. The predicted molar refractivity (Wildman–Crippen MR) is 121 cm³/mol. The molecule has 4 aromatic rings. The molecular formula is C21H21N5OS2. The van der Waals surface area contributed by atoms with E-state index in [9.17, 15) is 4.79 Å². The first-order chi connectivity index (χ1) is 14.2. The van der Waals surface area contributed by atoms with Gasteiger partial charge >= 0.3 is 0 Å². The molecule has 1 N–H and O–H groups in total. The second-order valence-corrected chi connectivity index (χ2v) is 8.33. The van der Waals surface area contributed by atoms with E-state index in [-0.39, 0.29) is 11.7 Å². The molecule has 29 heavy (non-hydrogen) atoms. The normalized spacial score (nSPS) is 11.2. The Labute approximate surface area is 177 Å². The average Bonchev–Trinajstić information content (AvgIpc) is 3.06. The van der Waals surface area contributed by atoms with Crippen molar-refractivity contribution in [2.24, 2.45) is 0 Å². The number of anilines is 1. The summed E-state index contributed by atoms with van der Waals surface area (Å²) >= 11 is 2.94. The van der Waals surface area contributed by atoms with Crippen molar-refractivity contribution in [3.05, 3.63) is 48.5 Å². The summed E-state index contributed by atoms with van der Waals surface area (Å²) in [5.74, 6) is 0.135. The number of carbonyl (C=O) groups is 1. The summed E-state index contributed by atoms with van der Waals surface area (Å²) in [7, 11) is 0. The number of amides is 1. The molecule has 2 aromatic carbocycles. The minimum Gasteiger partial charge on any atom is -0.325 e. The van der Waals surface area contributed by atoms with Crippen LogP contribution in [-0.2, 0) is 11.3 Å². The zero-order chi connectivity index (χ0) is 20.2. The molecule has 2 heterocycles. The molecule has 0 saturated heterocycles. The summed E-state index contributed by atoms with van der Waals surface area (Å²) in [5, 5.41) is 13.1. The summed E-state index contributed by atoms with van der Waals surface area (Å²) in [5.41, 5.74) is 3.52. The van der Waals surface area contributed by atoms with Crippen LogP contribution in [0.15, 0.2) is 58.6 Å². The molecule has 0 fully saturated rings. The van der Waals surface area contributed by atoms with Crippen molar-refractivity contribution in [1.82, 2.24) is 19.7 Å². The van der Waals surface area contributed by atoms with E-state index in [1.807, 2.05) is 48.7 Å². The number of hydrogen-bond donors (Lipinski definition) is 1. The van der Waals surface area contributed by atoms with E-state index in [2.05, 4.69) is 33.1 Å². The van der Waals surface area contributed by atoms with Crippen LogP contribution in [0.5, 0.6) is 0 Å². The van der Waals surface area contributed by atoms with Crippen molar-refractivity contribution >= 4 is 57.2 Å². The molecule has 1 amide bonds. The second-order valence-electron chi connectivity index (χ2n) is 6.50. The molecule has 0 saturated carbocycles. The lowest BCUT2D eigenvalue weighted by molar-refractivity contribution is -0.113. The summed E-state index contributed by atoms with van der Waals surface area (Å²) < 4.78 is 2.18. The van der Waals surface area contributed by atoms with E-state index < -0.39 is 0 Å². The zero-order valence-electron chi connectivity index (χ0n) is 16.3. The van der Waals surface area contributed by atoms with E-state index >= 15 is 0 Å². The molecule has 0 atom stereocenters. The largest absolute Gasteiger partial charge is 0.325 e. The number of fused-ring (bicyclic) bond motifs is 3. The van der Waals surface area contributed by atoms with Gasteiger partial charge in [0.1, 0.15) is 5.52 Å². The van der Waals surface area contributed by atoms with Crippen molar-refractivity contribution in [2.75, 3.05) is 17.3 Å². The number of benzene rings is 2. The number of nitrogens with one attached hydrogen (secondary N) is 1. The minimum atomic E-state index is -0.0916. The van der Waals surface area contributed by atoms with E-state index in [4.69, 9.17) is 4.98 Å². The van der Waals surface area contributed by atoms with Gasteiger partial charge in [0.05, 0.1) is 11.3 Å². The van der Waals surface area contributed by atoms with Crippen molar-refractivity contribution < 1.29 is 4.79 Å². The molecule has 0 radical (unpaired) electrons. The first-order valence-electron chi connectivity index (χ1n) is 9.38. The van der Waals surface area contributed by atoms with Crippen LogP contribution >= 0.6 is 23.5 Å². The lowest BCUT2D eigenvalue weighted by Crippen LogP contribution is -2.14. The SMILES string of the molecule is CCCn1c2ccccc2c2nnc(SCC(=O)Nc3cccc(SC)c3)nc21. The summed E-state index contributed by atoms with van der Waals surface area (Å²) in [4.78, 5) is 18.2. The van der Waals surface area contributed by atoms with Gasteiger partial charge in [-0.15, -0.1) is 22.0 Å². The molecule has 8 heteroatoms. The zero-order valence-corrected chi connectivity index (χ0v) is 17.9. The number of hydrogen-bond acceptors (Lipinski definition) is 6. The average molecular weight is 424 g/mol. The number of rotatable bonds is 7. The van der Waals surface area contributed by atoms with Gasteiger partial charge in [-0.2, -0.15) is 0 Å².